The maximum atomic E-state index is 12.2. The lowest BCUT2D eigenvalue weighted by Gasteiger charge is -2.08. The Morgan fingerprint density at radius 1 is 1.48 bits per heavy atom. The monoisotopic (exact) mass is 306 g/mol. The average molecular weight is 306 g/mol. The lowest BCUT2D eigenvalue weighted by atomic mass is 10.2. The van der Waals surface area contributed by atoms with E-state index in [4.69, 9.17) is 0 Å². The van der Waals surface area contributed by atoms with Crippen molar-refractivity contribution in [2.45, 2.75) is 26.8 Å². The van der Waals surface area contributed by atoms with Crippen LogP contribution < -0.4 is 5.32 Å². The second-order valence-electron chi connectivity index (χ2n) is 5.32. The highest BCUT2D eigenvalue weighted by Gasteiger charge is 2.12. The molecule has 2 aromatic heterocycles. The van der Waals surface area contributed by atoms with Crippen LogP contribution in [0.15, 0.2) is 18.5 Å². The zero-order valence-corrected chi connectivity index (χ0v) is 13.8. The molecule has 0 radical (unpaired) electrons. The fraction of sp³-hybridized carbons (Fsp3) is 0.467. The maximum absolute atomic E-state index is 12.2. The van der Waals surface area contributed by atoms with Crippen molar-refractivity contribution < 1.29 is 4.79 Å². The highest BCUT2D eigenvalue weighted by molar-refractivity contribution is 7.14. The number of aryl methyl sites for hydroxylation is 2. The average Bonchev–Trinajstić information content (AvgIpc) is 3.02. The van der Waals surface area contributed by atoms with Crippen LogP contribution in [-0.2, 0) is 13.0 Å². The smallest absolute Gasteiger partial charge is 0.265 e. The predicted octanol–water partition coefficient (Wildman–Crippen LogP) is 2.63. The summed E-state index contributed by atoms with van der Waals surface area (Å²) in [5, 5.41) is 7.16. The molecule has 1 amide bonds. The van der Waals surface area contributed by atoms with Crippen LogP contribution in [0, 0.1) is 6.92 Å². The van der Waals surface area contributed by atoms with E-state index in [0.717, 1.165) is 30.1 Å². The highest BCUT2D eigenvalue weighted by Crippen LogP contribution is 2.23. The van der Waals surface area contributed by atoms with Crippen LogP contribution in [-0.4, -0.2) is 41.2 Å². The van der Waals surface area contributed by atoms with Crippen LogP contribution in [0.1, 0.15) is 27.0 Å². The van der Waals surface area contributed by atoms with Gasteiger partial charge in [0.05, 0.1) is 23.3 Å². The van der Waals surface area contributed by atoms with Crippen molar-refractivity contribution in [2.75, 3.05) is 26.0 Å². The summed E-state index contributed by atoms with van der Waals surface area (Å²) in [6, 6.07) is 1.95. The van der Waals surface area contributed by atoms with E-state index in [1.54, 1.807) is 17.5 Å². The molecule has 5 nitrogen and oxygen atoms in total. The number of nitrogens with one attached hydrogen (secondary N) is 1. The van der Waals surface area contributed by atoms with Gasteiger partial charge in [-0.1, -0.05) is 6.92 Å². The number of aromatic nitrogens is 2. The molecule has 1 N–H and O–H groups in total. The summed E-state index contributed by atoms with van der Waals surface area (Å²) in [6.07, 6.45) is 4.52. The number of carbonyl (C=O) groups excluding carboxylic acids is 1. The third-order valence-electron chi connectivity index (χ3n) is 3.23. The van der Waals surface area contributed by atoms with Crippen LogP contribution in [0.3, 0.4) is 0 Å². The minimum atomic E-state index is -0.0602. The Labute approximate surface area is 129 Å². The summed E-state index contributed by atoms with van der Waals surface area (Å²) < 4.78 is 1.84. The lowest BCUT2D eigenvalue weighted by molar-refractivity contribution is 0.103. The molecule has 0 atom stereocenters. The molecule has 114 valence electrons. The van der Waals surface area contributed by atoms with Crippen molar-refractivity contribution in [3.05, 3.63) is 33.8 Å². The maximum Gasteiger partial charge on any atom is 0.265 e. The number of thiophene rings is 1. The van der Waals surface area contributed by atoms with E-state index >= 15 is 0 Å². The van der Waals surface area contributed by atoms with Crippen molar-refractivity contribution in [1.82, 2.24) is 14.7 Å². The molecule has 0 aliphatic rings. The molecule has 2 heterocycles. The van der Waals surface area contributed by atoms with Gasteiger partial charge in [-0.25, -0.2) is 0 Å². The van der Waals surface area contributed by atoms with Gasteiger partial charge in [-0.15, -0.1) is 11.3 Å². The van der Waals surface area contributed by atoms with Gasteiger partial charge in [0.2, 0.25) is 0 Å². The van der Waals surface area contributed by atoms with Gasteiger partial charge < -0.3 is 10.2 Å². The van der Waals surface area contributed by atoms with Gasteiger partial charge in [0.1, 0.15) is 0 Å². The number of anilines is 1. The largest absolute Gasteiger partial charge is 0.319 e. The second kappa shape index (κ2) is 6.87. The molecule has 0 aromatic carbocycles. The number of hydrogen-bond donors (Lipinski definition) is 1. The second-order valence-corrected chi connectivity index (χ2v) is 6.46. The molecule has 0 aliphatic carbocycles. The SMILES string of the molecule is CCc1sc(C(=O)Nc2cnn(CCN(C)C)c2)cc1C. The zero-order valence-electron chi connectivity index (χ0n) is 13.0. The van der Waals surface area contributed by atoms with Gasteiger partial charge in [-0.2, -0.15) is 5.10 Å². The van der Waals surface area contributed by atoms with Gasteiger partial charge >= 0.3 is 0 Å². The van der Waals surface area contributed by atoms with Crippen molar-refractivity contribution in [3.63, 3.8) is 0 Å². The molecule has 0 spiro atoms. The van der Waals surface area contributed by atoms with Crippen molar-refractivity contribution >= 4 is 22.9 Å². The van der Waals surface area contributed by atoms with Gasteiger partial charge in [0.25, 0.3) is 5.91 Å². The molecule has 0 bridgehead atoms. The molecular weight excluding hydrogens is 284 g/mol. The first-order chi connectivity index (χ1) is 9.99. The van der Waals surface area contributed by atoms with E-state index in [1.165, 1.54) is 10.4 Å². The highest BCUT2D eigenvalue weighted by atomic mass is 32.1. The first-order valence-corrected chi connectivity index (χ1v) is 7.89. The lowest BCUT2D eigenvalue weighted by Crippen LogP contribution is -2.18. The zero-order chi connectivity index (χ0) is 15.4. The van der Waals surface area contributed by atoms with Crippen LogP contribution in [0.4, 0.5) is 5.69 Å². The van der Waals surface area contributed by atoms with E-state index in [2.05, 4.69) is 22.2 Å². The van der Waals surface area contributed by atoms with Crippen LogP contribution in [0.5, 0.6) is 0 Å². The van der Waals surface area contributed by atoms with Crippen LogP contribution in [0.2, 0.25) is 0 Å². The summed E-state index contributed by atoms with van der Waals surface area (Å²) in [7, 11) is 4.05. The van der Waals surface area contributed by atoms with Crippen LogP contribution in [0.25, 0.3) is 0 Å². The van der Waals surface area contributed by atoms with Crippen molar-refractivity contribution in [2.24, 2.45) is 0 Å². The Morgan fingerprint density at radius 3 is 2.86 bits per heavy atom. The minimum absolute atomic E-state index is 0.0602. The van der Waals surface area contributed by atoms with Gasteiger partial charge in [0.15, 0.2) is 0 Å². The Kier molecular flexibility index (Phi) is 5.14. The number of amides is 1. The summed E-state index contributed by atoms with van der Waals surface area (Å²) in [5.74, 6) is -0.0602. The first kappa shape index (κ1) is 15.7. The summed E-state index contributed by atoms with van der Waals surface area (Å²) in [5.41, 5.74) is 1.93. The Hall–Kier alpha value is -1.66. The molecule has 6 heteroatoms. The Balaban J connectivity index is 1.99. The number of rotatable bonds is 6. The standard InChI is InChI=1S/C15H22N4OS/c1-5-13-11(2)8-14(21-13)15(20)17-12-9-16-19(10-12)7-6-18(3)4/h8-10H,5-7H2,1-4H3,(H,17,20). The van der Waals surface area contributed by atoms with Crippen molar-refractivity contribution in [3.8, 4) is 0 Å². The molecule has 0 fully saturated rings. The third-order valence-corrected chi connectivity index (χ3v) is 4.61. The fourth-order valence-corrected chi connectivity index (χ4v) is 3.04. The van der Waals surface area contributed by atoms with E-state index < -0.39 is 0 Å². The van der Waals surface area contributed by atoms with Crippen LogP contribution >= 0.6 is 11.3 Å². The molecule has 0 unspecified atom stereocenters. The van der Waals surface area contributed by atoms with E-state index in [1.807, 2.05) is 38.0 Å². The number of carbonyl (C=O) groups is 1. The molecule has 0 saturated carbocycles. The van der Waals surface area contributed by atoms with Gasteiger partial charge in [0, 0.05) is 17.6 Å². The molecule has 2 rings (SSSR count). The Morgan fingerprint density at radius 2 is 2.24 bits per heavy atom. The van der Waals surface area contributed by atoms with E-state index in [0.29, 0.717) is 0 Å². The fourth-order valence-electron chi connectivity index (χ4n) is 2.03. The summed E-state index contributed by atoms with van der Waals surface area (Å²) in [4.78, 5) is 16.3. The first-order valence-electron chi connectivity index (χ1n) is 7.07. The third kappa shape index (κ3) is 4.15. The van der Waals surface area contributed by atoms with E-state index in [-0.39, 0.29) is 5.91 Å². The Bertz CT molecular complexity index is 615. The normalized spacial score (nSPS) is 11.1. The molecule has 0 saturated heterocycles. The number of hydrogen-bond acceptors (Lipinski definition) is 4. The topological polar surface area (TPSA) is 50.2 Å². The molecule has 0 aliphatic heterocycles. The summed E-state index contributed by atoms with van der Waals surface area (Å²) in [6.45, 7) is 5.88. The quantitative estimate of drug-likeness (QED) is 0.892. The number of likely N-dealkylation sites (N-methyl/N-ethyl adjacent to an activating group) is 1. The molecular formula is C15H22N4OS. The van der Waals surface area contributed by atoms with E-state index in [9.17, 15) is 4.79 Å². The van der Waals surface area contributed by atoms with Gasteiger partial charge in [-0.05, 0) is 39.1 Å². The number of nitrogens with zero attached hydrogens (tertiary/aromatic N) is 3. The van der Waals surface area contributed by atoms with Gasteiger partial charge in [-0.3, -0.25) is 9.48 Å². The summed E-state index contributed by atoms with van der Waals surface area (Å²) >= 11 is 1.56. The van der Waals surface area contributed by atoms with Crippen molar-refractivity contribution in [1.29, 1.82) is 0 Å². The minimum Gasteiger partial charge on any atom is -0.319 e. The predicted molar refractivity (Wildman–Crippen MR) is 87.2 cm³/mol. The molecule has 21 heavy (non-hydrogen) atoms. The molecule has 2 aromatic rings.